The van der Waals surface area contributed by atoms with Gasteiger partial charge in [-0.15, -0.1) is 0 Å². The summed E-state index contributed by atoms with van der Waals surface area (Å²) in [5.41, 5.74) is 2.02. The summed E-state index contributed by atoms with van der Waals surface area (Å²) in [6.07, 6.45) is 4.33. The lowest BCUT2D eigenvalue weighted by atomic mass is 10.0. The zero-order valence-electron chi connectivity index (χ0n) is 11.8. The van der Waals surface area contributed by atoms with Gasteiger partial charge in [0.25, 0.3) is 0 Å². The van der Waals surface area contributed by atoms with Crippen molar-refractivity contribution in [2.24, 2.45) is 7.05 Å². The van der Waals surface area contributed by atoms with Crippen molar-refractivity contribution < 1.29 is 9.53 Å². The predicted molar refractivity (Wildman–Crippen MR) is 77.6 cm³/mol. The second kappa shape index (κ2) is 5.75. The third-order valence-corrected chi connectivity index (χ3v) is 3.96. The van der Waals surface area contributed by atoms with Crippen molar-refractivity contribution in [1.29, 1.82) is 0 Å². The molecule has 1 aromatic heterocycles. The van der Waals surface area contributed by atoms with E-state index in [1.807, 2.05) is 35.9 Å². The van der Waals surface area contributed by atoms with Gasteiger partial charge in [0.1, 0.15) is 11.6 Å². The van der Waals surface area contributed by atoms with Gasteiger partial charge >= 0.3 is 0 Å². The highest BCUT2D eigenvalue weighted by Gasteiger charge is 2.19. The van der Waals surface area contributed by atoms with Gasteiger partial charge in [-0.25, -0.2) is 4.98 Å². The van der Waals surface area contributed by atoms with Crippen molar-refractivity contribution in [2.45, 2.75) is 38.2 Å². The van der Waals surface area contributed by atoms with Crippen molar-refractivity contribution in [3.05, 3.63) is 30.1 Å². The van der Waals surface area contributed by atoms with E-state index in [4.69, 9.17) is 4.74 Å². The minimum absolute atomic E-state index is 0.117. The maximum atomic E-state index is 12.2. The lowest BCUT2D eigenvalue weighted by molar-refractivity contribution is -0.122. The molecule has 0 aliphatic carbocycles. The highest BCUT2D eigenvalue weighted by Crippen LogP contribution is 2.18. The SMILES string of the molecule is Cn1c(CC(=O)CC2CCCCO2)nc2ccccc21. The lowest BCUT2D eigenvalue weighted by Gasteiger charge is -2.21. The Labute approximate surface area is 118 Å². The first-order valence-electron chi connectivity index (χ1n) is 7.27. The summed E-state index contributed by atoms with van der Waals surface area (Å²) in [6, 6.07) is 7.97. The zero-order chi connectivity index (χ0) is 13.9. The van der Waals surface area contributed by atoms with E-state index < -0.39 is 0 Å². The Morgan fingerprint density at radius 2 is 2.25 bits per heavy atom. The molecule has 106 valence electrons. The standard InChI is InChI=1S/C16H20N2O2/c1-18-15-8-3-2-7-14(15)17-16(18)11-12(19)10-13-6-4-5-9-20-13/h2-3,7-8,13H,4-6,9-11H2,1H3. The van der Waals surface area contributed by atoms with Gasteiger partial charge < -0.3 is 9.30 Å². The van der Waals surface area contributed by atoms with Gasteiger partial charge in [0.05, 0.1) is 23.6 Å². The van der Waals surface area contributed by atoms with Gasteiger partial charge in [-0.3, -0.25) is 4.79 Å². The van der Waals surface area contributed by atoms with Crippen molar-refractivity contribution >= 4 is 16.8 Å². The largest absolute Gasteiger partial charge is 0.378 e. The maximum absolute atomic E-state index is 12.2. The summed E-state index contributed by atoms with van der Waals surface area (Å²) < 4.78 is 7.64. The van der Waals surface area contributed by atoms with Gasteiger partial charge in [-0.1, -0.05) is 12.1 Å². The molecule has 0 N–H and O–H groups in total. The fraction of sp³-hybridized carbons (Fsp3) is 0.500. The van der Waals surface area contributed by atoms with Crippen LogP contribution in [0.4, 0.5) is 0 Å². The molecule has 0 bridgehead atoms. The number of aryl methyl sites for hydroxylation is 1. The molecule has 0 amide bonds. The van der Waals surface area contributed by atoms with Crippen LogP contribution in [0.2, 0.25) is 0 Å². The van der Waals surface area contributed by atoms with Gasteiger partial charge in [0.2, 0.25) is 0 Å². The van der Waals surface area contributed by atoms with E-state index in [2.05, 4.69) is 4.98 Å². The van der Waals surface area contributed by atoms with Crippen LogP contribution in [0.1, 0.15) is 31.5 Å². The van der Waals surface area contributed by atoms with Crippen molar-refractivity contribution in [2.75, 3.05) is 6.61 Å². The minimum Gasteiger partial charge on any atom is -0.378 e. The average Bonchev–Trinajstić information content (AvgIpc) is 2.77. The summed E-state index contributed by atoms with van der Waals surface area (Å²) in [5.74, 6) is 1.06. The monoisotopic (exact) mass is 272 g/mol. The van der Waals surface area contributed by atoms with Crippen LogP contribution in [0, 0.1) is 0 Å². The molecular weight excluding hydrogens is 252 g/mol. The number of fused-ring (bicyclic) bond motifs is 1. The van der Waals surface area contributed by atoms with E-state index in [0.29, 0.717) is 12.8 Å². The van der Waals surface area contributed by atoms with Gasteiger partial charge in [-0.2, -0.15) is 0 Å². The van der Waals surface area contributed by atoms with Gasteiger partial charge in [0.15, 0.2) is 0 Å². The van der Waals surface area contributed by atoms with E-state index in [-0.39, 0.29) is 11.9 Å². The molecule has 4 heteroatoms. The third-order valence-electron chi connectivity index (χ3n) is 3.96. The Kier molecular flexibility index (Phi) is 3.83. The molecule has 0 radical (unpaired) electrons. The van der Waals surface area contributed by atoms with Crippen molar-refractivity contribution in [3.63, 3.8) is 0 Å². The van der Waals surface area contributed by atoms with Crippen LogP contribution in [-0.4, -0.2) is 28.0 Å². The number of rotatable bonds is 4. The third kappa shape index (κ3) is 2.75. The Morgan fingerprint density at radius 1 is 1.40 bits per heavy atom. The number of carbonyl (C=O) groups is 1. The van der Waals surface area contributed by atoms with Crippen LogP contribution in [0.25, 0.3) is 11.0 Å². The molecule has 3 rings (SSSR count). The van der Waals surface area contributed by atoms with Crippen LogP contribution in [0.15, 0.2) is 24.3 Å². The number of hydrogen-bond donors (Lipinski definition) is 0. The Balaban J connectivity index is 1.69. The number of hydrogen-bond acceptors (Lipinski definition) is 3. The highest BCUT2D eigenvalue weighted by molar-refractivity contribution is 5.82. The molecule has 1 saturated heterocycles. The van der Waals surface area contributed by atoms with Crippen LogP contribution in [0.3, 0.4) is 0 Å². The molecule has 1 atom stereocenters. The minimum atomic E-state index is 0.117. The smallest absolute Gasteiger partial charge is 0.142 e. The number of para-hydroxylation sites is 2. The molecule has 0 saturated carbocycles. The fourth-order valence-corrected chi connectivity index (χ4v) is 2.82. The molecular formula is C16H20N2O2. The molecule has 1 aromatic carbocycles. The molecule has 4 nitrogen and oxygen atoms in total. The lowest BCUT2D eigenvalue weighted by Crippen LogP contribution is -2.23. The first-order chi connectivity index (χ1) is 9.74. The number of ether oxygens (including phenoxy) is 1. The van der Waals surface area contributed by atoms with Gasteiger partial charge in [0, 0.05) is 20.1 Å². The number of nitrogens with zero attached hydrogens (tertiary/aromatic N) is 2. The maximum Gasteiger partial charge on any atom is 0.142 e. The van der Waals surface area contributed by atoms with Crippen molar-refractivity contribution in [1.82, 2.24) is 9.55 Å². The second-order valence-corrected chi connectivity index (χ2v) is 5.48. The van der Waals surface area contributed by atoms with Crippen molar-refractivity contribution in [3.8, 4) is 0 Å². The summed E-state index contributed by atoms with van der Waals surface area (Å²) >= 11 is 0. The summed E-state index contributed by atoms with van der Waals surface area (Å²) in [5, 5.41) is 0. The predicted octanol–water partition coefficient (Wildman–Crippen LogP) is 2.64. The normalized spacial score (nSPS) is 19.4. The van der Waals surface area contributed by atoms with E-state index in [1.54, 1.807) is 0 Å². The summed E-state index contributed by atoms with van der Waals surface area (Å²) in [4.78, 5) is 16.7. The zero-order valence-corrected chi connectivity index (χ0v) is 11.8. The average molecular weight is 272 g/mol. The number of ketones is 1. The molecule has 1 aliphatic heterocycles. The molecule has 0 spiro atoms. The summed E-state index contributed by atoms with van der Waals surface area (Å²) in [6.45, 7) is 0.796. The van der Waals surface area contributed by atoms with E-state index in [9.17, 15) is 4.79 Å². The van der Waals surface area contributed by atoms with Crippen LogP contribution in [0.5, 0.6) is 0 Å². The fourth-order valence-electron chi connectivity index (χ4n) is 2.82. The van der Waals surface area contributed by atoms with Crippen LogP contribution in [-0.2, 0) is 23.0 Å². The topological polar surface area (TPSA) is 44.1 Å². The molecule has 2 heterocycles. The Hall–Kier alpha value is -1.68. The van der Waals surface area contributed by atoms with Gasteiger partial charge in [-0.05, 0) is 31.4 Å². The van der Waals surface area contributed by atoms with Crippen LogP contribution < -0.4 is 0 Å². The second-order valence-electron chi connectivity index (χ2n) is 5.48. The number of benzene rings is 1. The van der Waals surface area contributed by atoms with E-state index in [1.165, 1.54) is 6.42 Å². The molecule has 2 aromatic rings. The molecule has 1 aliphatic rings. The van der Waals surface area contributed by atoms with E-state index >= 15 is 0 Å². The number of aromatic nitrogens is 2. The summed E-state index contributed by atoms with van der Waals surface area (Å²) in [7, 11) is 1.97. The quantitative estimate of drug-likeness (QED) is 0.859. The number of carbonyl (C=O) groups excluding carboxylic acids is 1. The highest BCUT2D eigenvalue weighted by atomic mass is 16.5. The first-order valence-corrected chi connectivity index (χ1v) is 7.27. The Morgan fingerprint density at radius 3 is 3.00 bits per heavy atom. The first kappa shape index (κ1) is 13.3. The number of Topliss-reactive ketones (excluding diaryl/α,β-unsaturated/α-hetero) is 1. The number of imidazole rings is 1. The molecule has 1 unspecified atom stereocenters. The van der Waals surface area contributed by atoms with Crippen LogP contribution >= 0.6 is 0 Å². The van der Waals surface area contributed by atoms with E-state index in [0.717, 1.165) is 36.3 Å². The Bertz CT molecular complexity index is 612. The molecule has 20 heavy (non-hydrogen) atoms. The molecule has 1 fully saturated rings.